The second-order valence-electron chi connectivity index (χ2n) is 8.20. The van der Waals surface area contributed by atoms with Gasteiger partial charge in [-0.25, -0.2) is 0 Å². The Kier molecular flexibility index (Phi) is 6.50. The first-order valence-electron chi connectivity index (χ1n) is 10.8. The molecule has 0 N–H and O–H groups in total. The summed E-state index contributed by atoms with van der Waals surface area (Å²) in [7, 11) is 0. The number of anilines is 1. The maximum atomic E-state index is 12.2. The van der Waals surface area contributed by atoms with Gasteiger partial charge in [0.2, 0.25) is 5.91 Å². The lowest BCUT2D eigenvalue weighted by Crippen LogP contribution is -2.42. The van der Waals surface area contributed by atoms with Crippen molar-refractivity contribution in [3.05, 3.63) is 24.3 Å². The molecule has 1 aliphatic carbocycles. The summed E-state index contributed by atoms with van der Waals surface area (Å²) in [6, 6.07) is 8.89. The molecule has 1 aromatic carbocycles. The highest BCUT2D eigenvalue weighted by molar-refractivity contribution is 5.91. The summed E-state index contributed by atoms with van der Waals surface area (Å²) in [6.45, 7) is 8.99. The second-order valence-corrected chi connectivity index (χ2v) is 8.20. The monoisotopic (exact) mass is 387 g/mol. The SMILES string of the molecule is CC(=O)N(CCN1CCOCC1)c1ccc(OC2CCN(C3CC3)CC2)cc1. The number of hydrogen-bond donors (Lipinski definition) is 0. The fraction of sp³-hybridized carbons (Fsp3) is 0.682. The number of nitrogens with zero attached hydrogens (tertiary/aromatic N) is 3. The Hall–Kier alpha value is -1.63. The molecule has 3 aliphatic rings. The average molecular weight is 388 g/mol. The molecule has 0 radical (unpaired) electrons. The normalized spacial score (nSPS) is 22.2. The number of benzene rings is 1. The molecule has 1 saturated carbocycles. The summed E-state index contributed by atoms with van der Waals surface area (Å²) < 4.78 is 11.6. The minimum absolute atomic E-state index is 0.0781. The molecule has 2 saturated heterocycles. The maximum Gasteiger partial charge on any atom is 0.223 e. The van der Waals surface area contributed by atoms with E-state index in [9.17, 15) is 4.79 Å². The number of hydrogen-bond acceptors (Lipinski definition) is 5. The van der Waals surface area contributed by atoms with Gasteiger partial charge in [-0.15, -0.1) is 0 Å². The highest BCUT2D eigenvalue weighted by atomic mass is 16.5. The second kappa shape index (κ2) is 9.25. The van der Waals surface area contributed by atoms with E-state index in [0.717, 1.165) is 76.3 Å². The number of ether oxygens (including phenoxy) is 2. The van der Waals surface area contributed by atoms with Crippen molar-refractivity contribution in [3.8, 4) is 5.75 Å². The number of piperidine rings is 1. The molecule has 6 heteroatoms. The fourth-order valence-corrected chi connectivity index (χ4v) is 4.23. The zero-order valence-corrected chi connectivity index (χ0v) is 17.0. The van der Waals surface area contributed by atoms with Gasteiger partial charge in [0, 0.05) is 57.9 Å². The Morgan fingerprint density at radius 1 is 1.07 bits per heavy atom. The number of rotatable bonds is 7. The van der Waals surface area contributed by atoms with Gasteiger partial charge in [0.15, 0.2) is 0 Å². The van der Waals surface area contributed by atoms with Gasteiger partial charge in [-0.05, 0) is 49.9 Å². The minimum Gasteiger partial charge on any atom is -0.490 e. The van der Waals surface area contributed by atoms with E-state index in [2.05, 4.69) is 9.80 Å². The number of morpholine rings is 1. The highest BCUT2D eigenvalue weighted by Crippen LogP contribution is 2.30. The van der Waals surface area contributed by atoms with Crippen molar-refractivity contribution in [2.45, 2.75) is 44.8 Å². The van der Waals surface area contributed by atoms with Crippen LogP contribution < -0.4 is 9.64 Å². The van der Waals surface area contributed by atoms with Crippen molar-refractivity contribution >= 4 is 11.6 Å². The third-order valence-electron chi connectivity index (χ3n) is 6.11. The van der Waals surface area contributed by atoms with Crippen LogP contribution in [-0.2, 0) is 9.53 Å². The van der Waals surface area contributed by atoms with Gasteiger partial charge in [-0.2, -0.15) is 0 Å². The lowest BCUT2D eigenvalue weighted by molar-refractivity contribution is -0.116. The van der Waals surface area contributed by atoms with Gasteiger partial charge in [0.1, 0.15) is 11.9 Å². The molecule has 0 aromatic heterocycles. The summed E-state index contributed by atoms with van der Waals surface area (Å²) in [5.41, 5.74) is 0.941. The van der Waals surface area contributed by atoms with E-state index < -0.39 is 0 Å². The van der Waals surface area contributed by atoms with Gasteiger partial charge in [0.25, 0.3) is 0 Å². The third kappa shape index (κ3) is 5.25. The predicted octanol–water partition coefficient (Wildman–Crippen LogP) is 2.38. The molecule has 154 valence electrons. The molecule has 0 bridgehead atoms. The first-order chi connectivity index (χ1) is 13.7. The van der Waals surface area contributed by atoms with Crippen molar-refractivity contribution in [1.29, 1.82) is 0 Å². The zero-order chi connectivity index (χ0) is 19.3. The van der Waals surface area contributed by atoms with Gasteiger partial charge in [-0.1, -0.05) is 0 Å². The average Bonchev–Trinajstić information content (AvgIpc) is 3.56. The van der Waals surface area contributed by atoms with Crippen LogP contribution in [0.4, 0.5) is 5.69 Å². The molecule has 2 aliphatic heterocycles. The van der Waals surface area contributed by atoms with Gasteiger partial charge < -0.3 is 19.3 Å². The van der Waals surface area contributed by atoms with E-state index in [4.69, 9.17) is 9.47 Å². The van der Waals surface area contributed by atoms with Crippen molar-refractivity contribution in [2.24, 2.45) is 0 Å². The minimum atomic E-state index is 0.0781. The number of carbonyl (C=O) groups is 1. The number of amides is 1. The predicted molar refractivity (Wildman–Crippen MR) is 110 cm³/mol. The Balaban J connectivity index is 1.28. The summed E-state index contributed by atoms with van der Waals surface area (Å²) in [4.78, 5) is 19.0. The Bertz CT molecular complexity index is 633. The first kappa shape index (κ1) is 19.7. The molecule has 3 fully saturated rings. The Morgan fingerprint density at radius 2 is 1.75 bits per heavy atom. The first-order valence-corrected chi connectivity index (χ1v) is 10.8. The molecule has 0 spiro atoms. The quantitative estimate of drug-likeness (QED) is 0.719. The van der Waals surface area contributed by atoms with E-state index in [1.54, 1.807) is 6.92 Å². The van der Waals surface area contributed by atoms with Crippen LogP contribution in [0.1, 0.15) is 32.6 Å². The van der Waals surface area contributed by atoms with Gasteiger partial charge >= 0.3 is 0 Å². The van der Waals surface area contributed by atoms with Crippen molar-refractivity contribution < 1.29 is 14.3 Å². The standard InChI is InChI=1S/C22H33N3O3/c1-18(26)25(13-12-23-14-16-27-17-15-23)20-4-6-21(7-5-20)28-22-8-10-24(11-9-22)19-2-3-19/h4-7,19,22H,2-3,8-17H2,1H3. The summed E-state index contributed by atoms with van der Waals surface area (Å²) in [6.07, 6.45) is 5.29. The molecule has 0 unspecified atom stereocenters. The summed E-state index contributed by atoms with van der Waals surface area (Å²) in [5, 5.41) is 0. The molecule has 0 atom stereocenters. The smallest absolute Gasteiger partial charge is 0.223 e. The molecule has 28 heavy (non-hydrogen) atoms. The van der Waals surface area contributed by atoms with E-state index in [-0.39, 0.29) is 5.91 Å². The third-order valence-corrected chi connectivity index (χ3v) is 6.11. The molecule has 1 aromatic rings. The molecule has 6 nitrogen and oxygen atoms in total. The summed E-state index contributed by atoms with van der Waals surface area (Å²) in [5.74, 6) is 0.986. The topological polar surface area (TPSA) is 45.3 Å². The lowest BCUT2D eigenvalue weighted by atomic mass is 10.1. The van der Waals surface area contributed by atoms with Crippen LogP contribution in [0, 0.1) is 0 Å². The van der Waals surface area contributed by atoms with Crippen LogP contribution in [0.5, 0.6) is 5.75 Å². The number of carbonyl (C=O) groups excluding carboxylic acids is 1. The van der Waals surface area contributed by atoms with Gasteiger partial charge in [-0.3, -0.25) is 9.69 Å². The molecule has 2 heterocycles. The van der Waals surface area contributed by atoms with Crippen molar-refractivity contribution in [2.75, 3.05) is 57.4 Å². The summed E-state index contributed by atoms with van der Waals surface area (Å²) >= 11 is 0. The molecule has 1 amide bonds. The van der Waals surface area contributed by atoms with Crippen LogP contribution in [0.25, 0.3) is 0 Å². The molecular formula is C22H33N3O3. The highest BCUT2D eigenvalue weighted by Gasteiger charge is 2.32. The number of likely N-dealkylation sites (tertiary alicyclic amines) is 1. The fourth-order valence-electron chi connectivity index (χ4n) is 4.23. The van der Waals surface area contributed by atoms with Crippen molar-refractivity contribution in [3.63, 3.8) is 0 Å². The van der Waals surface area contributed by atoms with E-state index in [1.807, 2.05) is 29.2 Å². The Labute approximate surface area is 168 Å². The largest absolute Gasteiger partial charge is 0.490 e. The lowest BCUT2D eigenvalue weighted by Gasteiger charge is -2.32. The molecule has 4 rings (SSSR count). The van der Waals surface area contributed by atoms with E-state index in [0.29, 0.717) is 12.6 Å². The van der Waals surface area contributed by atoms with E-state index in [1.165, 1.54) is 12.8 Å². The van der Waals surface area contributed by atoms with Crippen LogP contribution in [0.2, 0.25) is 0 Å². The van der Waals surface area contributed by atoms with Crippen LogP contribution in [0.15, 0.2) is 24.3 Å². The van der Waals surface area contributed by atoms with E-state index >= 15 is 0 Å². The zero-order valence-electron chi connectivity index (χ0n) is 17.0. The van der Waals surface area contributed by atoms with Crippen LogP contribution >= 0.6 is 0 Å². The molecular weight excluding hydrogens is 354 g/mol. The van der Waals surface area contributed by atoms with Crippen LogP contribution in [0.3, 0.4) is 0 Å². The van der Waals surface area contributed by atoms with Gasteiger partial charge in [0.05, 0.1) is 13.2 Å². The van der Waals surface area contributed by atoms with Crippen LogP contribution in [-0.4, -0.2) is 80.3 Å². The van der Waals surface area contributed by atoms with Crippen molar-refractivity contribution in [1.82, 2.24) is 9.80 Å². The maximum absolute atomic E-state index is 12.2. The Morgan fingerprint density at radius 3 is 2.36 bits per heavy atom.